The van der Waals surface area contributed by atoms with Crippen molar-refractivity contribution in [3.8, 4) is 23.7 Å². The number of imide groups is 2. The lowest BCUT2D eigenvalue weighted by Crippen LogP contribution is -2.54. The number of anilines is 2. The number of nitriles is 1. The van der Waals surface area contributed by atoms with E-state index in [0.717, 1.165) is 10.6 Å². The first-order chi connectivity index (χ1) is 22.0. The lowest BCUT2D eigenvalue weighted by Gasteiger charge is -2.38. The number of hydrogen-bond acceptors (Lipinski definition) is 9. The van der Waals surface area contributed by atoms with Crippen molar-refractivity contribution in [3.05, 3.63) is 71.0 Å². The van der Waals surface area contributed by atoms with E-state index in [0.29, 0.717) is 35.7 Å². The van der Waals surface area contributed by atoms with Crippen molar-refractivity contribution >= 4 is 40.9 Å². The zero-order valence-electron chi connectivity index (χ0n) is 25.3. The molecule has 232 valence electrons. The standard InChI is InChI=1S/C33H29N7O6/c1-33(2,32(45)36-22-7-6-21(14-34)27(12-22)46-3)39-18-19(15-35-39)4-5-20-16-38(17-20)23-8-9-24-25(13-23)31(44)40(30(24)43)26-10-11-28(41)37-29(26)42/h6-9,12-13,15,18,20,26H,10-11,16-17H2,1-3H3,(H,36,45)(H,37,41,42). The molecule has 1 atom stereocenters. The molecule has 3 aliphatic heterocycles. The SMILES string of the molecule is COc1cc(NC(=O)C(C)(C)n2cc(C#CC3CN(c4ccc5c(c4)C(=O)N(C4CCC(=O)NC4=O)C5=O)C3)cn2)ccc1C#N. The lowest BCUT2D eigenvalue weighted by molar-refractivity contribution is -0.136. The van der Waals surface area contributed by atoms with E-state index < -0.39 is 35.2 Å². The van der Waals surface area contributed by atoms with E-state index in [4.69, 9.17) is 4.74 Å². The topological polar surface area (TPSA) is 167 Å². The molecular weight excluding hydrogens is 590 g/mol. The maximum atomic E-state index is 13.1. The van der Waals surface area contributed by atoms with E-state index in [-0.39, 0.29) is 35.8 Å². The second-order valence-electron chi connectivity index (χ2n) is 11.8. The second-order valence-corrected chi connectivity index (χ2v) is 11.8. The number of hydrogen-bond donors (Lipinski definition) is 2. The van der Waals surface area contributed by atoms with Gasteiger partial charge in [0.05, 0.1) is 41.5 Å². The molecule has 2 saturated heterocycles. The molecular formula is C33H29N7O6. The molecule has 0 radical (unpaired) electrons. The van der Waals surface area contributed by atoms with Crippen LogP contribution in [0, 0.1) is 29.1 Å². The zero-order chi connectivity index (χ0) is 32.7. The Morgan fingerprint density at radius 2 is 1.85 bits per heavy atom. The molecule has 6 rings (SSSR count). The Hall–Kier alpha value is -5.95. The number of nitrogens with zero attached hydrogens (tertiary/aromatic N) is 5. The molecule has 5 amide bonds. The van der Waals surface area contributed by atoms with Crippen LogP contribution in [0.15, 0.2) is 48.8 Å². The number of fused-ring (bicyclic) bond motifs is 1. The first kappa shape index (κ1) is 30.1. The second kappa shape index (κ2) is 11.5. The smallest absolute Gasteiger partial charge is 0.262 e. The van der Waals surface area contributed by atoms with Gasteiger partial charge >= 0.3 is 0 Å². The summed E-state index contributed by atoms with van der Waals surface area (Å²) in [4.78, 5) is 66.1. The fourth-order valence-corrected chi connectivity index (χ4v) is 5.56. The molecule has 0 bridgehead atoms. The molecule has 13 nitrogen and oxygen atoms in total. The van der Waals surface area contributed by atoms with E-state index in [1.54, 1.807) is 67.3 Å². The van der Waals surface area contributed by atoms with Crippen LogP contribution in [0.2, 0.25) is 0 Å². The van der Waals surface area contributed by atoms with Crippen molar-refractivity contribution in [2.45, 2.75) is 38.3 Å². The summed E-state index contributed by atoms with van der Waals surface area (Å²) in [6.07, 6.45) is 3.47. The normalized spacial score (nSPS) is 17.8. The maximum absolute atomic E-state index is 13.1. The van der Waals surface area contributed by atoms with Gasteiger partial charge in [0.15, 0.2) is 0 Å². The van der Waals surface area contributed by atoms with E-state index in [1.807, 2.05) is 11.0 Å². The number of amides is 5. The average molecular weight is 620 g/mol. The molecule has 0 spiro atoms. The number of rotatable bonds is 6. The summed E-state index contributed by atoms with van der Waals surface area (Å²) in [6.45, 7) is 4.69. The summed E-state index contributed by atoms with van der Waals surface area (Å²) in [6, 6.07) is 10.9. The molecule has 0 saturated carbocycles. The number of aromatic nitrogens is 2. The van der Waals surface area contributed by atoms with Gasteiger partial charge in [-0.15, -0.1) is 0 Å². The van der Waals surface area contributed by atoms with Gasteiger partial charge in [-0.05, 0) is 50.6 Å². The summed E-state index contributed by atoms with van der Waals surface area (Å²) in [7, 11) is 1.46. The first-order valence-electron chi connectivity index (χ1n) is 14.6. The third-order valence-corrected chi connectivity index (χ3v) is 8.38. The molecule has 2 N–H and O–H groups in total. The maximum Gasteiger partial charge on any atom is 0.262 e. The van der Waals surface area contributed by atoms with Crippen LogP contribution in [-0.2, 0) is 19.9 Å². The minimum Gasteiger partial charge on any atom is -0.495 e. The Bertz CT molecular complexity index is 1920. The Labute approximate surface area is 264 Å². The van der Waals surface area contributed by atoms with Gasteiger partial charge < -0.3 is 15.0 Å². The van der Waals surface area contributed by atoms with Crippen LogP contribution in [0.4, 0.5) is 11.4 Å². The number of methoxy groups -OCH3 is 1. The monoisotopic (exact) mass is 619 g/mol. The molecule has 46 heavy (non-hydrogen) atoms. The summed E-state index contributed by atoms with van der Waals surface area (Å²) in [5.74, 6) is 4.32. The van der Waals surface area contributed by atoms with Crippen molar-refractivity contribution in [3.63, 3.8) is 0 Å². The highest BCUT2D eigenvalue weighted by molar-refractivity contribution is 6.23. The fraction of sp³-hybridized carbons (Fsp3) is 0.303. The largest absolute Gasteiger partial charge is 0.495 e. The van der Waals surface area contributed by atoms with Crippen LogP contribution in [0.1, 0.15) is 58.5 Å². The molecule has 1 aromatic heterocycles. The van der Waals surface area contributed by atoms with Crippen LogP contribution in [-0.4, -0.2) is 70.5 Å². The van der Waals surface area contributed by atoms with Gasteiger partial charge in [0, 0.05) is 43.1 Å². The van der Waals surface area contributed by atoms with Crippen molar-refractivity contribution in [2.75, 3.05) is 30.4 Å². The third kappa shape index (κ3) is 5.32. The number of nitrogens with one attached hydrogen (secondary N) is 2. The predicted octanol–water partition coefficient (Wildman–Crippen LogP) is 2.03. The number of ether oxygens (including phenoxy) is 1. The van der Waals surface area contributed by atoms with Gasteiger partial charge in [-0.2, -0.15) is 10.4 Å². The highest BCUT2D eigenvalue weighted by atomic mass is 16.5. The lowest BCUT2D eigenvalue weighted by atomic mass is 9.98. The molecule has 1 unspecified atom stereocenters. The van der Waals surface area contributed by atoms with Crippen LogP contribution in [0.5, 0.6) is 5.75 Å². The number of carbonyl (C=O) groups is 5. The zero-order valence-corrected chi connectivity index (χ0v) is 25.3. The van der Waals surface area contributed by atoms with Crippen molar-refractivity contribution in [1.82, 2.24) is 20.0 Å². The molecule has 3 aromatic rings. The van der Waals surface area contributed by atoms with Crippen LogP contribution in [0.25, 0.3) is 0 Å². The molecule has 4 heterocycles. The Balaban J connectivity index is 1.07. The Morgan fingerprint density at radius 3 is 2.57 bits per heavy atom. The summed E-state index contributed by atoms with van der Waals surface area (Å²) >= 11 is 0. The van der Waals surface area contributed by atoms with E-state index >= 15 is 0 Å². The summed E-state index contributed by atoms with van der Waals surface area (Å²) in [5, 5.41) is 18.6. The minimum absolute atomic E-state index is 0.0524. The van der Waals surface area contributed by atoms with Crippen LogP contribution in [0.3, 0.4) is 0 Å². The average Bonchev–Trinajstić information content (AvgIpc) is 3.59. The van der Waals surface area contributed by atoms with Gasteiger partial charge in [0.25, 0.3) is 17.7 Å². The van der Waals surface area contributed by atoms with E-state index in [1.165, 1.54) is 7.11 Å². The highest BCUT2D eigenvalue weighted by Crippen LogP contribution is 2.33. The van der Waals surface area contributed by atoms with E-state index in [9.17, 15) is 29.2 Å². The highest BCUT2D eigenvalue weighted by Gasteiger charge is 2.45. The number of carbonyl (C=O) groups excluding carboxylic acids is 5. The van der Waals surface area contributed by atoms with E-state index in [2.05, 4.69) is 27.6 Å². The van der Waals surface area contributed by atoms with Gasteiger partial charge in [0.1, 0.15) is 23.4 Å². The Kier molecular flexibility index (Phi) is 7.54. The summed E-state index contributed by atoms with van der Waals surface area (Å²) < 4.78 is 6.77. The van der Waals surface area contributed by atoms with Crippen molar-refractivity contribution in [2.24, 2.45) is 5.92 Å². The third-order valence-electron chi connectivity index (χ3n) is 8.38. The number of piperidine rings is 1. The first-order valence-corrected chi connectivity index (χ1v) is 14.6. The van der Waals surface area contributed by atoms with Gasteiger partial charge in [0.2, 0.25) is 11.8 Å². The quantitative estimate of drug-likeness (QED) is 0.310. The van der Waals surface area contributed by atoms with Gasteiger partial charge in [-0.25, -0.2) is 0 Å². The molecule has 2 fully saturated rings. The molecule has 13 heteroatoms. The minimum atomic E-state index is -1.05. The summed E-state index contributed by atoms with van der Waals surface area (Å²) in [5.41, 5.74) is 1.69. The van der Waals surface area contributed by atoms with Gasteiger partial charge in [-0.3, -0.25) is 38.9 Å². The molecule has 2 aromatic carbocycles. The van der Waals surface area contributed by atoms with Gasteiger partial charge in [-0.1, -0.05) is 11.8 Å². The van der Waals surface area contributed by atoms with Crippen LogP contribution >= 0.6 is 0 Å². The van der Waals surface area contributed by atoms with Crippen molar-refractivity contribution in [1.29, 1.82) is 5.26 Å². The molecule has 3 aliphatic rings. The fourth-order valence-electron chi connectivity index (χ4n) is 5.56. The Morgan fingerprint density at radius 1 is 1.09 bits per heavy atom. The number of benzene rings is 2. The molecule has 0 aliphatic carbocycles. The van der Waals surface area contributed by atoms with Crippen molar-refractivity contribution < 1.29 is 28.7 Å². The van der Waals surface area contributed by atoms with Crippen LogP contribution < -0.4 is 20.3 Å². The predicted molar refractivity (Wildman–Crippen MR) is 164 cm³/mol.